The summed E-state index contributed by atoms with van der Waals surface area (Å²) in [6.45, 7) is 0.355. The predicted molar refractivity (Wildman–Crippen MR) is 160 cm³/mol. The smallest absolute Gasteiger partial charge is 0.858 e. The van der Waals surface area contributed by atoms with E-state index in [4.69, 9.17) is 10.2 Å². The summed E-state index contributed by atoms with van der Waals surface area (Å²) in [6.07, 6.45) is 4.76. The largest absolute Gasteiger partial charge is 2.00 e. The first-order valence-corrected chi connectivity index (χ1v) is 15.2. The maximum Gasteiger partial charge on any atom is 2.00 e. The summed E-state index contributed by atoms with van der Waals surface area (Å²) in [4.78, 5) is 8.04. The molecule has 4 aromatic rings. The van der Waals surface area contributed by atoms with Crippen LogP contribution in [0.5, 0.6) is 0 Å². The van der Waals surface area contributed by atoms with E-state index in [1.54, 1.807) is 36.7 Å². The number of aliphatic hydroxyl groups is 2. The van der Waals surface area contributed by atoms with E-state index in [-0.39, 0.29) is 61.6 Å². The zero-order chi connectivity index (χ0) is 30.6. The summed E-state index contributed by atoms with van der Waals surface area (Å²) in [5.74, 6) is -1.35. The number of aliphatic hydroxyl groups excluding tert-OH is 2. The van der Waals surface area contributed by atoms with Gasteiger partial charge >= 0.3 is 16.5 Å². The third-order valence-corrected chi connectivity index (χ3v) is 8.02. The Balaban J connectivity index is 0.000000567. The Morgan fingerprint density at radius 2 is 0.889 bits per heavy atom. The van der Waals surface area contributed by atoms with Crippen molar-refractivity contribution in [2.75, 3.05) is 13.2 Å². The molecule has 6 rings (SSSR count). The van der Waals surface area contributed by atoms with Gasteiger partial charge in [-0.25, -0.2) is 0 Å². The van der Waals surface area contributed by atoms with Gasteiger partial charge in [0.2, 0.25) is 0 Å². The van der Waals surface area contributed by atoms with Crippen molar-refractivity contribution in [1.29, 1.82) is 0 Å². The molecule has 17 heteroatoms. The van der Waals surface area contributed by atoms with Gasteiger partial charge in [-0.15, -0.1) is 0 Å². The maximum absolute atomic E-state index is 11.1. The van der Waals surface area contributed by atoms with Crippen LogP contribution in [0.1, 0.15) is 22.5 Å². The summed E-state index contributed by atoms with van der Waals surface area (Å²) in [7, 11) is -7.36. The van der Waals surface area contributed by atoms with Crippen LogP contribution in [0.15, 0.2) is 116 Å². The minimum absolute atomic E-state index is 0. The molecule has 14 nitrogen and oxygen atoms in total. The van der Waals surface area contributed by atoms with Gasteiger partial charge in [0, 0.05) is 72.8 Å². The summed E-state index contributed by atoms with van der Waals surface area (Å²) < 4.78 is 50.3. The number of hydrogen-bond acceptors (Lipinski definition) is 10. The van der Waals surface area contributed by atoms with Crippen LogP contribution in [-0.4, -0.2) is 62.0 Å². The van der Waals surface area contributed by atoms with Crippen LogP contribution in [0.4, 0.5) is 0 Å². The molecule has 0 aliphatic carbocycles. The number of fused-ring (bicyclic) bond motifs is 2. The Morgan fingerprint density at radius 1 is 0.556 bits per heavy atom. The first-order valence-electron chi connectivity index (χ1n) is 12.3. The Labute approximate surface area is 270 Å². The number of benzene rings is 2. The van der Waals surface area contributed by atoms with E-state index in [9.17, 15) is 27.0 Å². The molecule has 2 aromatic heterocycles. The van der Waals surface area contributed by atoms with Gasteiger partial charge in [-0.05, 0) is 36.4 Å². The van der Waals surface area contributed by atoms with Gasteiger partial charge in [-0.1, -0.05) is 48.5 Å². The van der Waals surface area contributed by atoms with Crippen LogP contribution in [0.25, 0.3) is 0 Å². The number of hydrogen-bond donors (Lipinski definition) is 2. The first-order chi connectivity index (χ1) is 20.1. The van der Waals surface area contributed by atoms with Crippen molar-refractivity contribution in [2.45, 2.75) is 22.6 Å². The number of rotatable bonds is 4. The molecule has 0 atom stereocenters. The van der Waals surface area contributed by atoms with E-state index in [0.717, 1.165) is 11.4 Å². The van der Waals surface area contributed by atoms with Crippen LogP contribution < -0.4 is 10.2 Å². The molecular weight excluding hydrogens is 675 g/mol. The van der Waals surface area contributed by atoms with Crippen LogP contribution >= 0.6 is 0 Å². The molecular formula is C28H32N4NiO10S2+2. The average Bonchev–Trinajstić information content (AvgIpc) is 3.37. The van der Waals surface area contributed by atoms with Crippen molar-refractivity contribution in [3.8, 4) is 0 Å². The summed E-state index contributed by atoms with van der Waals surface area (Å²) in [5, 5.41) is 38.8. The van der Waals surface area contributed by atoms with Crippen molar-refractivity contribution < 1.29 is 64.7 Å². The van der Waals surface area contributed by atoms with Gasteiger partial charge < -0.3 is 31.4 Å². The number of sulfonamides is 2. The van der Waals surface area contributed by atoms with Gasteiger partial charge in [0.05, 0.1) is 9.79 Å². The molecule has 0 bridgehead atoms. The normalized spacial score (nSPS) is 13.6. The van der Waals surface area contributed by atoms with Crippen LogP contribution in [0, 0.1) is 0 Å². The van der Waals surface area contributed by atoms with Crippen molar-refractivity contribution in [2.24, 2.45) is 8.80 Å². The molecule has 2 aromatic carbocycles. The van der Waals surface area contributed by atoms with Crippen molar-refractivity contribution in [3.63, 3.8) is 0 Å². The standard InChI is InChI=1S/2C7H5NO3S.2C7H9NO.Ni.2H2O/c2*9-7-5-3-1-2-4-6(5)12(10,11)8-7;2*9-6-4-7-3-1-2-5-8-7;;;/h2*1-4H,(H,8,9);2*1-3,5,9H,4,6H2;;2*1H2/q;;;;+2;;. The van der Waals surface area contributed by atoms with Crippen molar-refractivity contribution >= 4 is 31.8 Å². The van der Waals surface area contributed by atoms with E-state index < -0.39 is 31.8 Å². The second kappa shape index (κ2) is 19.3. The van der Waals surface area contributed by atoms with E-state index in [0.29, 0.717) is 12.8 Å². The first kappa shape index (κ1) is 40.9. The van der Waals surface area contributed by atoms with Crippen molar-refractivity contribution in [1.82, 2.24) is 9.97 Å². The minimum Gasteiger partial charge on any atom is -0.858 e. The number of pyridine rings is 2. The van der Waals surface area contributed by atoms with E-state index in [1.807, 2.05) is 36.4 Å². The van der Waals surface area contributed by atoms with Gasteiger partial charge in [0.1, 0.15) is 0 Å². The maximum atomic E-state index is 11.1. The monoisotopic (exact) mass is 706 g/mol. The van der Waals surface area contributed by atoms with E-state index in [1.165, 1.54) is 24.3 Å². The Bertz CT molecular complexity index is 1630. The molecule has 244 valence electrons. The number of nitrogens with zero attached hydrogens (tertiary/aromatic N) is 4. The van der Waals surface area contributed by atoms with Gasteiger partial charge in [-0.2, -0.15) is 25.6 Å². The number of aromatic nitrogens is 2. The Kier molecular flexibility index (Phi) is 17.6. The van der Waals surface area contributed by atoms with Crippen LogP contribution in [0.2, 0.25) is 0 Å². The fourth-order valence-corrected chi connectivity index (χ4v) is 5.67. The van der Waals surface area contributed by atoms with Gasteiger partial charge in [-0.3, -0.25) is 9.97 Å². The molecule has 0 fully saturated rings. The van der Waals surface area contributed by atoms with E-state index >= 15 is 0 Å². The molecule has 4 heterocycles. The zero-order valence-corrected chi connectivity index (χ0v) is 26.1. The third-order valence-electron chi connectivity index (χ3n) is 5.39. The third kappa shape index (κ3) is 11.7. The Hall–Kier alpha value is -4.09. The van der Waals surface area contributed by atoms with Crippen molar-refractivity contribution in [3.05, 3.63) is 120 Å². The molecule has 8 N–H and O–H groups in total. The average molecular weight is 707 g/mol. The molecule has 2 aliphatic heterocycles. The van der Waals surface area contributed by atoms with Crippen LogP contribution in [0.3, 0.4) is 0 Å². The molecule has 0 unspecified atom stereocenters. The van der Waals surface area contributed by atoms with Crippen LogP contribution in [-0.2, 0) is 60.3 Å². The molecule has 0 spiro atoms. The second-order valence-electron chi connectivity index (χ2n) is 8.32. The molecule has 2 aliphatic rings. The molecule has 0 saturated heterocycles. The summed E-state index contributed by atoms with van der Waals surface area (Å²) >= 11 is 0. The second-order valence-corrected chi connectivity index (χ2v) is 11.5. The van der Waals surface area contributed by atoms with Gasteiger partial charge in [0.25, 0.3) is 20.0 Å². The Morgan fingerprint density at radius 3 is 1.18 bits per heavy atom. The fourth-order valence-electron chi connectivity index (χ4n) is 3.47. The van der Waals surface area contributed by atoms with E-state index in [2.05, 4.69) is 18.8 Å². The van der Waals surface area contributed by atoms with Gasteiger partial charge in [0.15, 0.2) is 0 Å². The SMILES string of the molecule is O=S1(=O)N=C([O-])c2ccccc21.O=S1(=O)N=C([O-])c2ccccc21.OCCc1ccccn1.OCCc1ccccn1.[Ni+2].[OH3+].[OH3+]. The topological polar surface area (TPSA) is 271 Å². The molecule has 0 radical (unpaired) electrons. The quantitative estimate of drug-likeness (QED) is 0.181. The predicted octanol–water partition coefficient (Wildman–Crippen LogP) is -1.62. The molecule has 0 saturated carbocycles. The fraction of sp³-hybridized carbons (Fsp3) is 0.143. The zero-order valence-electron chi connectivity index (χ0n) is 23.5. The molecule has 45 heavy (non-hydrogen) atoms. The molecule has 0 amide bonds. The summed E-state index contributed by atoms with van der Waals surface area (Å²) in [6, 6.07) is 23.3. The minimum atomic E-state index is -3.68. The summed E-state index contributed by atoms with van der Waals surface area (Å²) in [5.41, 5.74) is 2.22.